The number of hydrogen-bond donors (Lipinski definition) is 1. The lowest BCUT2D eigenvalue weighted by Crippen LogP contribution is -2.09. The molecule has 1 atom stereocenters. The maximum absolute atomic E-state index is 5.19. The van der Waals surface area contributed by atoms with Gasteiger partial charge in [0.2, 0.25) is 0 Å². The largest absolute Gasteiger partial charge is 0.496 e. The predicted molar refractivity (Wildman–Crippen MR) is 59.2 cm³/mol. The molecule has 1 aromatic rings. The first kappa shape index (κ1) is 11.5. The molecule has 0 aliphatic heterocycles. The van der Waals surface area contributed by atoms with E-state index in [4.69, 9.17) is 10.6 Å². The molecule has 0 amide bonds. The number of hydrogen-bond acceptors (Lipinski definition) is 3. The molecule has 0 aliphatic rings. The van der Waals surface area contributed by atoms with Gasteiger partial charge in [0.05, 0.1) is 18.2 Å². The topological polar surface area (TPSA) is 44.5 Å². The Morgan fingerprint density at radius 2 is 2.21 bits per heavy atom. The summed E-state index contributed by atoms with van der Waals surface area (Å²) in [6.45, 7) is 2.54. The fraction of sp³-hybridized carbons (Fsp3) is 0.400. The second-order valence-electron chi connectivity index (χ2n) is 3.10. The minimum atomic E-state index is 0.240. The highest BCUT2D eigenvalue weighted by molar-refractivity contribution is 9.10. The number of ether oxygens (including phenoxy) is 1. The minimum absolute atomic E-state index is 0.240. The van der Waals surface area contributed by atoms with Crippen LogP contribution in [0.25, 0.3) is 0 Å². The van der Waals surface area contributed by atoms with Gasteiger partial charge in [-0.3, -0.25) is 0 Å². The molecule has 78 valence electrons. The van der Waals surface area contributed by atoms with Crippen LogP contribution in [0.3, 0.4) is 0 Å². The van der Waals surface area contributed by atoms with Crippen molar-refractivity contribution in [3.63, 3.8) is 0 Å². The minimum Gasteiger partial charge on any atom is -0.496 e. The molecule has 0 radical (unpaired) electrons. The fourth-order valence-corrected chi connectivity index (χ4v) is 2.12. The van der Waals surface area contributed by atoms with Crippen molar-refractivity contribution in [3.8, 4) is 5.75 Å². The van der Waals surface area contributed by atoms with E-state index in [1.165, 1.54) is 0 Å². The van der Waals surface area contributed by atoms with E-state index in [1.807, 2.05) is 25.1 Å². The van der Waals surface area contributed by atoms with Crippen molar-refractivity contribution in [2.45, 2.75) is 12.8 Å². The first-order valence-electron chi connectivity index (χ1n) is 4.34. The quantitative estimate of drug-likeness (QED) is 0.846. The molecule has 0 saturated carbocycles. The number of halogens is 1. The van der Waals surface area contributed by atoms with Gasteiger partial charge in [-0.15, -0.1) is 0 Å². The molecule has 1 rings (SSSR count). The number of benzene rings is 1. The van der Waals surface area contributed by atoms with Crippen LogP contribution in [0.1, 0.15) is 18.4 Å². The number of nitrogens with two attached hydrogens (primary N) is 1. The summed E-state index contributed by atoms with van der Waals surface area (Å²) >= 11 is 3.49. The van der Waals surface area contributed by atoms with Crippen molar-refractivity contribution in [1.82, 2.24) is 0 Å². The van der Waals surface area contributed by atoms with Gasteiger partial charge < -0.3 is 9.57 Å². The Hall–Kier alpha value is -0.580. The van der Waals surface area contributed by atoms with Gasteiger partial charge in [0, 0.05) is 5.92 Å². The highest BCUT2D eigenvalue weighted by atomic mass is 79.9. The summed E-state index contributed by atoms with van der Waals surface area (Å²) in [7, 11) is 1.65. The van der Waals surface area contributed by atoms with Gasteiger partial charge in [-0.25, -0.2) is 5.90 Å². The van der Waals surface area contributed by atoms with E-state index in [2.05, 4.69) is 20.8 Å². The molecule has 0 heterocycles. The van der Waals surface area contributed by atoms with Crippen molar-refractivity contribution in [2.24, 2.45) is 5.90 Å². The Morgan fingerprint density at radius 1 is 1.50 bits per heavy atom. The second kappa shape index (κ2) is 5.34. The molecule has 14 heavy (non-hydrogen) atoms. The highest BCUT2D eigenvalue weighted by Crippen LogP contribution is 2.32. The summed E-state index contributed by atoms with van der Waals surface area (Å²) in [5, 5.41) is 0. The van der Waals surface area contributed by atoms with Crippen LogP contribution in [0, 0.1) is 0 Å². The van der Waals surface area contributed by atoms with Crippen LogP contribution < -0.4 is 10.6 Å². The number of rotatable bonds is 4. The smallest absolute Gasteiger partial charge is 0.133 e. The molecule has 0 aromatic heterocycles. The Labute approximate surface area is 92.3 Å². The zero-order chi connectivity index (χ0) is 10.6. The lowest BCUT2D eigenvalue weighted by atomic mass is 10.0. The predicted octanol–water partition coefficient (Wildman–Crippen LogP) is 2.45. The molecule has 0 spiro atoms. The molecule has 4 heteroatoms. The summed E-state index contributed by atoms with van der Waals surface area (Å²) < 4.78 is 6.16. The average Bonchev–Trinajstić information content (AvgIpc) is 2.18. The molecule has 3 nitrogen and oxygen atoms in total. The molecule has 0 fully saturated rings. The number of methoxy groups -OCH3 is 1. The molecular weight excluding hydrogens is 246 g/mol. The first-order chi connectivity index (χ1) is 6.70. The van der Waals surface area contributed by atoms with Crippen LogP contribution in [0.2, 0.25) is 0 Å². The summed E-state index contributed by atoms with van der Waals surface area (Å²) in [5.41, 5.74) is 1.13. The molecule has 0 bridgehead atoms. The standard InChI is InChI=1S/C10H14BrNO2/c1-7(6-14-12)8-4-3-5-9(13-2)10(8)11/h3-5,7H,6,12H2,1-2H3. The maximum atomic E-state index is 5.19. The summed E-state index contributed by atoms with van der Waals surface area (Å²) in [6, 6.07) is 5.88. The average molecular weight is 260 g/mol. The molecule has 2 N–H and O–H groups in total. The SMILES string of the molecule is COc1cccc(C(C)CON)c1Br. The van der Waals surface area contributed by atoms with Gasteiger partial charge in [-0.2, -0.15) is 0 Å². The van der Waals surface area contributed by atoms with Gasteiger partial charge in [0.1, 0.15) is 5.75 Å². The van der Waals surface area contributed by atoms with E-state index in [9.17, 15) is 0 Å². The summed E-state index contributed by atoms with van der Waals surface area (Å²) in [5.74, 6) is 6.11. The molecule has 0 aliphatic carbocycles. The van der Waals surface area contributed by atoms with Crippen LogP contribution >= 0.6 is 15.9 Å². The third kappa shape index (κ3) is 2.47. The first-order valence-corrected chi connectivity index (χ1v) is 5.14. The Bertz CT molecular complexity index is 304. The van der Waals surface area contributed by atoms with Gasteiger partial charge in [0.15, 0.2) is 0 Å². The maximum Gasteiger partial charge on any atom is 0.133 e. The normalized spacial score (nSPS) is 12.6. The van der Waals surface area contributed by atoms with Gasteiger partial charge in [0.25, 0.3) is 0 Å². The van der Waals surface area contributed by atoms with Gasteiger partial charge >= 0.3 is 0 Å². The Balaban J connectivity index is 2.96. The van der Waals surface area contributed by atoms with Crippen molar-refractivity contribution < 1.29 is 9.57 Å². The third-order valence-corrected chi connectivity index (χ3v) is 2.94. The second-order valence-corrected chi connectivity index (χ2v) is 3.89. The Morgan fingerprint density at radius 3 is 2.79 bits per heavy atom. The van der Waals surface area contributed by atoms with E-state index in [1.54, 1.807) is 7.11 Å². The lowest BCUT2D eigenvalue weighted by Gasteiger charge is -2.14. The third-order valence-electron chi connectivity index (χ3n) is 2.09. The van der Waals surface area contributed by atoms with Crippen LogP contribution in [0.5, 0.6) is 5.75 Å². The van der Waals surface area contributed by atoms with Crippen molar-refractivity contribution in [2.75, 3.05) is 13.7 Å². The highest BCUT2D eigenvalue weighted by Gasteiger charge is 2.12. The fourth-order valence-electron chi connectivity index (χ4n) is 1.30. The molecular formula is C10H14BrNO2. The molecule has 1 unspecified atom stereocenters. The van der Waals surface area contributed by atoms with Crippen LogP contribution in [-0.2, 0) is 4.84 Å². The molecule has 1 aromatic carbocycles. The van der Waals surface area contributed by atoms with E-state index in [0.29, 0.717) is 6.61 Å². The zero-order valence-electron chi connectivity index (χ0n) is 8.29. The van der Waals surface area contributed by atoms with Crippen molar-refractivity contribution >= 4 is 15.9 Å². The van der Waals surface area contributed by atoms with Crippen LogP contribution in [0.4, 0.5) is 0 Å². The lowest BCUT2D eigenvalue weighted by molar-refractivity contribution is 0.126. The summed E-state index contributed by atoms with van der Waals surface area (Å²) in [6.07, 6.45) is 0. The summed E-state index contributed by atoms with van der Waals surface area (Å²) in [4.78, 5) is 4.62. The van der Waals surface area contributed by atoms with E-state index >= 15 is 0 Å². The monoisotopic (exact) mass is 259 g/mol. The van der Waals surface area contributed by atoms with E-state index in [0.717, 1.165) is 15.8 Å². The van der Waals surface area contributed by atoms with E-state index < -0.39 is 0 Å². The van der Waals surface area contributed by atoms with Crippen LogP contribution in [0.15, 0.2) is 22.7 Å². The van der Waals surface area contributed by atoms with Gasteiger partial charge in [-0.1, -0.05) is 19.1 Å². The zero-order valence-corrected chi connectivity index (χ0v) is 9.87. The van der Waals surface area contributed by atoms with Crippen molar-refractivity contribution in [1.29, 1.82) is 0 Å². The van der Waals surface area contributed by atoms with Crippen molar-refractivity contribution in [3.05, 3.63) is 28.2 Å². The Kier molecular flexibility index (Phi) is 4.38. The van der Waals surface area contributed by atoms with Crippen LogP contribution in [-0.4, -0.2) is 13.7 Å². The molecule has 0 saturated heterocycles. The van der Waals surface area contributed by atoms with E-state index in [-0.39, 0.29) is 5.92 Å². The van der Waals surface area contributed by atoms with Gasteiger partial charge in [-0.05, 0) is 27.6 Å².